The van der Waals surface area contributed by atoms with Crippen molar-refractivity contribution in [1.82, 2.24) is 14.4 Å². The number of nitrogens with zero attached hydrogens (tertiary/aromatic N) is 4. The highest BCUT2D eigenvalue weighted by molar-refractivity contribution is 5.70. The average Bonchev–Trinajstić information content (AvgIpc) is 3.12. The highest BCUT2D eigenvalue weighted by Crippen LogP contribution is 2.29. The molecule has 0 spiro atoms. The molecule has 29 heavy (non-hydrogen) atoms. The summed E-state index contributed by atoms with van der Waals surface area (Å²) in [7, 11) is 0. The molecule has 0 fully saturated rings. The van der Waals surface area contributed by atoms with Gasteiger partial charge in [0.25, 0.3) is 0 Å². The molecule has 3 heterocycles. The van der Waals surface area contributed by atoms with E-state index in [0.29, 0.717) is 22.6 Å². The fourth-order valence-corrected chi connectivity index (χ4v) is 3.24. The van der Waals surface area contributed by atoms with Crippen LogP contribution in [-0.2, 0) is 5.60 Å². The van der Waals surface area contributed by atoms with Gasteiger partial charge in [0.15, 0.2) is 11.5 Å². The number of imidazole rings is 1. The first-order valence-corrected chi connectivity index (χ1v) is 8.85. The van der Waals surface area contributed by atoms with Gasteiger partial charge in [0.05, 0.1) is 40.5 Å². The molecule has 0 aliphatic rings. The highest BCUT2D eigenvalue weighted by atomic mass is 19.1. The van der Waals surface area contributed by atoms with Crippen molar-refractivity contribution < 1.29 is 13.9 Å². The molecule has 0 amide bonds. The molecule has 5 nitrogen and oxygen atoms in total. The first kappa shape index (κ1) is 18.7. The molecule has 0 saturated heterocycles. The molecule has 144 valence electrons. The third-order valence-electron chi connectivity index (χ3n) is 4.67. The molecule has 0 atom stereocenters. The van der Waals surface area contributed by atoms with Crippen LogP contribution in [0.15, 0.2) is 54.9 Å². The molecule has 0 radical (unpaired) electrons. The molecule has 7 heteroatoms. The Morgan fingerprint density at radius 2 is 1.86 bits per heavy atom. The van der Waals surface area contributed by atoms with Gasteiger partial charge in [-0.05, 0) is 50.2 Å². The van der Waals surface area contributed by atoms with Crippen molar-refractivity contribution in [1.29, 1.82) is 5.26 Å². The maximum Gasteiger partial charge on any atom is 0.174 e. The minimum atomic E-state index is -1.34. The van der Waals surface area contributed by atoms with E-state index in [-0.39, 0.29) is 16.8 Å². The van der Waals surface area contributed by atoms with Gasteiger partial charge in [-0.2, -0.15) is 5.26 Å². The van der Waals surface area contributed by atoms with Crippen molar-refractivity contribution in [3.8, 4) is 28.7 Å². The summed E-state index contributed by atoms with van der Waals surface area (Å²) in [5, 5.41) is 19.4. The van der Waals surface area contributed by atoms with Crippen molar-refractivity contribution in [2.75, 3.05) is 0 Å². The van der Waals surface area contributed by atoms with Crippen LogP contribution in [0.25, 0.3) is 28.3 Å². The summed E-state index contributed by atoms with van der Waals surface area (Å²) in [6, 6.07) is 12.6. The van der Waals surface area contributed by atoms with Crippen LogP contribution in [-0.4, -0.2) is 19.5 Å². The van der Waals surface area contributed by atoms with Crippen LogP contribution >= 0.6 is 0 Å². The maximum atomic E-state index is 14.8. The molecule has 1 N–H and O–H groups in total. The van der Waals surface area contributed by atoms with Gasteiger partial charge in [0.1, 0.15) is 5.82 Å². The molecule has 3 aromatic heterocycles. The average molecular weight is 390 g/mol. The number of benzene rings is 1. The fraction of sp³-hybridized carbons (Fsp3) is 0.136. The zero-order valence-electron chi connectivity index (χ0n) is 15.7. The van der Waals surface area contributed by atoms with Crippen LogP contribution in [0.2, 0.25) is 0 Å². The number of fused-ring (bicyclic) bond motifs is 1. The molecule has 4 rings (SSSR count). The lowest BCUT2D eigenvalue weighted by atomic mass is 9.99. The minimum absolute atomic E-state index is 0.0753. The summed E-state index contributed by atoms with van der Waals surface area (Å²) < 4.78 is 29.8. The molecular weight excluding hydrogens is 374 g/mol. The molecule has 0 aliphatic carbocycles. The molecular formula is C22H16F2N4O. The number of aromatic nitrogens is 3. The standard InChI is InChI=1S/C22H16F2N4O/c1-22(2,29)16-8-9-28-19(12-26-21(28)20(16)24)18-5-3-4-17(27-18)15-7-6-14(23)10-13(15)11-25/h3-10,12,29H,1-2H3. The van der Waals surface area contributed by atoms with Crippen molar-refractivity contribution in [3.05, 3.63) is 77.6 Å². The van der Waals surface area contributed by atoms with E-state index in [0.717, 1.165) is 6.07 Å². The van der Waals surface area contributed by atoms with Crippen LogP contribution in [0, 0.1) is 23.0 Å². The minimum Gasteiger partial charge on any atom is -0.386 e. The summed E-state index contributed by atoms with van der Waals surface area (Å²) >= 11 is 0. The molecule has 4 aromatic rings. The van der Waals surface area contributed by atoms with Gasteiger partial charge in [-0.25, -0.2) is 18.7 Å². The van der Waals surface area contributed by atoms with E-state index in [9.17, 15) is 19.1 Å². The first-order valence-electron chi connectivity index (χ1n) is 8.85. The van der Waals surface area contributed by atoms with E-state index in [2.05, 4.69) is 9.97 Å². The van der Waals surface area contributed by atoms with Crippen molar-refractivity contribution >= 4 is 5.65 Å². The molecule has 0 unspecified atom stereocenters. The monoisotopic (exact) mass is 390 g/mol. The Bertz CT molecular complexity index is 1280. The second-order valence-corrected chi connectivity index (χ2v) is 7.15. The van der Waals surface area contributed by atoms with E-state index >= 15 is 0 Å². The van der Waals surface area contributed by atoms with E-state index < -0.39 is 17.2 Å². The highest BCUT2D eigenvalue weighted by Gasteiger charge is 2.24. The van der Waals surface area contributed by atoms with Gasteiger partial charge in [-0.1, -0.05) is 6.07 Å². The van der Waals surface area contributed by atoms with Gasteiger partial charge < -0.3 is 5.11 Å². The van der Waals surface area contributed by atoms with Gasteiger partial charge in [0, 0.05) is 17.3 Å². The Morgan fingerprint density at radius 1 is 1.10 bits per heavy atom. The smallest absolute Gasteiger partial charge is 0.174 e. The quantitative estimate of drug-likeness (QED) is 0.561. The fourth-order valence-electron chi connectivity index (χ4n) is 3.24. The van der Waals surface area contributed by atoms with E-state index in [4.69, 9.17) is 0 Å². The summed E-state index contributed by atoms with van der Waals surface area (Å²) in [4.78, 5) is 8.72. The second kappa shape index (κ2) is 6.76. The molecule has 0 saturated carbocycles. The third-order valence-corrected chi connectivity index (χ3v) is 4.67. The van der Waals surface area contributed by atoms with E-state index in [1.165, 1.54) is 38.2 Å². The van der Waals surface area contributed by atoms with Crippen LogP contribution in [0.3, 0.4) is 0 Å². The predicted molar refractivity (Wildman–Crippen MR) is 104 cm³/mol. The Morgan fingerprint density at radius 3 is 2.59 bits per heavy atom. The lowest BCUT2D eigenvalue weighted by Crippen LogP contribution is -2.18. The third kappa shape index (κ3) is 3.24. The number of nitriles is 1. The van der Waals surface area contributed by atoms with Crippen molar-refractivity contribution in [2.24, 2.45) is 0 Å². The summed E-state index contributed by atoms with van der Waals surface area (Å²) in [5.74, 6) is -1.10. The Labute approximate surface area is 165 Å². The summed E-state index contributed by atoms with van der Waals surface area (Å²) in [5.41, 5.74) is 1.10. The Kier molecular flexibility index (Phi) is 4.36. The number of hydrogen-bond donors (Lipinski definition) is 1. The number of rotatable bonds is 3. The molecule has 0 bridgehead atoms. The van der Waals surface area contributed by atoms with Gasteiger partial charge >= 0.3 is 0 Å². The number of pyridine rings is 2. The van der Waals surface area contributed by atoms with E-state index in [1.54, 1.807) is 28.8 Å². The van der Waals surface area contributed by atoms with Crippen LogP contribution < -0.4 is 0 Å². The summed E-state index contributed by atoms with van der Waals surface area (Å²) in [6.07, 6.45) is 3.12. The van der Waals surface area contributed by atoms with Crippen molar-refractivity contribution in [2.45, 2.75) is 19.4 Å². The zero-order valence-corrected chi connectivity index (χ0v) is 15.7. The van der Waals surface area contributed by atoms with Gasteiger partial charge in [0.2, 0.25) is 0 Å². The number of aliphatic hydroxyl groups is 1. The topological polar surface area (TPSA) is 74.2 Å². The Hall–Kier alpha value is -3.63. The second-order valence-electron chi connectivity index (χ2n) is 7.15. The van der Waals surface area contributed by atoms with Crippen LogP contribution in [0.1, 0.15) is 25.0 Å². The van der Waals surface area contributed by atoms with Crippen LogP contribution in [0.4, 0.5) is 8.78 Å². The normalized spacial score (nSPS) is 11.6. The molecule has 1 aromatic carbocycles. The van der Waals surface area contributed by atoms with Crippen LogP contribution in [0.5, 0.6) is 0 Å². The number of halogens is 2. The maximum absolute atomic E-state index is 14.8. The number of hydrogen-bond acceptors (Lipinski definition) is 4. The van der Waals surface area contributed by atoms with Gasteiger partial charge in [-0.3, -0.25) is 4.40 Å². The zero-order chi connectivity index (χ0) is 20.8. The largest absolute Gasteiger partial charge is 0.386 e. The first-order chi connectivity index (χ1) is 13.8. The Balaban J connectivity index is 1.85. The lowest BCUT2D eigenvalue weighted by molar-refractivity contribution is 0.0746. The SMILES string of the molecule is CC(C)(O)c1ccn2c(-c3cccc(-c4ccc(F)cc4C#N)n3)cnc2c1F. The van der Waals surface area contributed by atoms with E-state index in [1.807, 2.05) is 6.07 Å². The molecule has 0 aliphatic heterocycles. The summed E-state index contributed by atoms with van der Waals surface area (Å²) in [6.45, 7) is 3.01. The lowest BCUT2D eigenvalue weighted by Gasteiger charge is -2.18. The van der Waals surface area contributed by atoms with Gasteiger partial charge in [-0.15, -0.1) is 0 Å². The van der Waals surface area contributed by atoms with Crippen molar-refractivity contribution in [3.63, 3.8) is 0 Å². The predicted octanol–water partition coefficient (Wildman–Crippen LogP) is 4.44.